The third-order valence-electron chi connectivity index (χ3n) is 7.78. The van der Waals surface area contributed by atoms with E-state index in [1.807, 2.05) is 36.4 Å². The van der Waals surface area contributed by atoms with Crippen LogP contribution >= 0.6 is 0 Å². The number of aliphatic imine (C=N–C) groups is 1. The van der Waals surface area contributed by atoms with E-state index in [0.29, 0.717) is 79.6 Å². The summed E-state index contributed by atoms with van der Waals surface area (Å²) in [4.78, 5) is 63.2. The molecular weight excluding hydrogens is 680 g/mol. The molecule has 4 aromatic rings. The zero-order valence-corrected chi connectivity index (χ0v) is 28.4. The first-order valence-corrected chi connectivity index (χ1v) is 16.6. The molecule has 0 bridgehead atoms. The van der Waals surface area contributed by atoms with Gasteiger partial charge < -0.3 is 47.3 Å². The molecule has 4 aromatic carbocycles. The lowest BCUT2D eigenvalue weighted by Crippen LogP contribution is -2.34. The Balaban J connectivity index is 0.971. The van der Waals surface area contributed by atoms with Gasteiger partial charge in [-0.1, -0.05) is 24.3 Å². The summed E-state index contributed by atoms with van der Waals surface area (Å²) in [5, 5.41) is 30.6. The van der Waals surface area contributed by atoms with E-state index in [9.17, 15) is 24.0 Å². The second kappa shape index (κ2) is 18.6. The van der Waals surface area contributed by atoms with E-state index in [1.54, 1.807) is 48.7 Å². The van der Waals surface area contributed by atoms with Crippen LogP contribution in [0.3, 0.4) is 0 Å². The largest absolute Gasteiger partial charge is 0.388 e. The van der Waals surface area contributed by atoms with Gasteiger partial charge in [0.2, 0.25) is 6.08 Å². The molecule has 0 aromatic heterocycles. The van der Waals surface area contributed by atoms with Crippen molar-refractivity contribution in [3.05, 3.63) is 96.1 Å². The molecule has 53 heavy (non-hydrogen) atoms. The Morgan fingerprint density at radius 2 is 1.06 bits per heavy atom. The van der Waals surface area contributed by atoms with Crippen molar-refractivity contribution < 1.29 is 28.7 Å². The molecule has 8 N–H and O–H groups in total. The molecule has 0 saturated heterocycles. The maximum absolute atomic E-state index is 12.5. The van der Waals surface area contributed by atoms with Gasteiger partial charge in [0, 0.05) is 55.0 Å². The fraction of sp³-hybridized carbons (Fsp3) is 0.189. The summed E-state index contributed by atoms with van der Waals surface area (Å²) < 4.78 is 4.75. The number of ether oxygens (including phenoxy) is 1. The van der Waals surface area contributed by atoms with Crippen molar-refractivity contribution in [2.24, 2.45) is 4.99 Å². The minimum absolute atomic E-state index is 0.316. The summed E-state index contributed by atoms with van der Waals surface area (Å²) >= 11 is 0. The van der Waals surface area contributed by atoms with E-state index in [0.717, 1.165) is 22.3 Å². The summed E-state index contributed by atoms with van der Waals surface area (Å²) in [6.07, 6.45) is 4.66. The Hall–Kier alpha value is -7.37. The van der Waals surface area contributed by atoms with Gasteiger partial charge in [-0.05, 0) is 96.1 Å². The quantitative estimate of drug-likeness (QED) is 0.0307. The fourth-order valence-corrected chi connectivity index (χ4v) is 5.45. The van der Waals surface area contributed by atoms with E-state index in [2.05, 4.69) is 47.5 Å². The van der Waals surface area contributed by atoms with Gasteiger partial charge >= 0.3 is 24.1 Å². The standard InChI is InChI=1S/C37H36N10O6/c38-22-53-31-8-2-7-28(21-31)45-35(50)40-14-4-16-42-37(52)47-30-10-12-33-25(19-30)17-24-18-29(9-11-32(24)33)46-36(51)41-15-3-13-39-34(49)44-27-6-1-5-26(20-27)43-23-48/h1-2,5-12,18-21H,3-4,13-17H2,(H2,39,44,49)(H2,40,45,50)(H2,41,46,51)(H2,42,47,52). The average molecular weight is 717 g/mol. The van der Waals surface area contributed by atoms with E-state index < -0.39 is 12.1 Å². The summed E-state index contributed by atoms with van der Waals surface area (Å²) in [7, 11) is 0. The monoisotopic (exact) mass is 716 g/mol. The third-order valence-corrected chi connectivity index (χ3v) is 7.78. The number of carbonyl (C=O) groups is 4. The van der Waals surface area contributed by atoms with E-state index in [-0.39, 0.29) is 12.1 Å². The predicted octanol–water partition coefficient (Wildman–Crippen LogP) is 5.75. The lowest BCUT2D eigenvalue weighted by Gasteiger charge is -2.11. The van der Waals surface area contributed by atoms with Crippen molar-refractivity contribution in [2.45, 2.75) is 19.3 Å². The van der Waals surface area contributed by atoms with Crippen LogP contribution in [-0.4, -0.2) is 56.4 Å². The summed E-state index contributed by atoms with van der Waals surface area (Å²) in [6, 6.07) is 22.7. The summed E-state index contributed by atoms with van der Waals surface area (Å²) in [5.74, 6) is 0.316. The SMILES string of the molecule is N#COc1cccc(NC(=O)NCCCNC(=O)Nc2ccc3c(c2)Cc2cc(NC(=O)NCCCNC(=O)Nc4cccc(N=C=O)c4)ccc2-3)c1. The van der Waals surface area contributed by atoms with Crippen LogP contribution in [0.15, 0.2) is 89.9 Å². The number of amides is 8. The Morgan fingerprint density at radius 3 is 1.53 bits per heavy atom. The van der Waals surface area contributed by atoms with Crippen LogP contribution in [0.4, 0.5) is 47.6 Å². The zero-order valence-electron chi connectivity index (χ0n) is 28.4. The van der Waals surface area contributed by atoms with Crippen LogP contribution in [-0.2, 0) is 11.2 Å². The van der Waals surface area contributed by atoms with E-state index >= 15 is 0 Å². The smallest absolute Gasteiger partial charge is 0.319 e. The number of carbonyl (C=O) groups excluding carboxylic acids is 5. The van der Waals surface area contributed by atoms with Gasteiger partial charge in [0.05, 0.1) is 5.69 Å². The average Bonchev–Trinajstić information content (AvgIpc) is 3.49. The van der Waals surface area contributed by atoms with Crippen LogP contribution in [0, 0.1) is 11.5 Å². The predicted molar refractivity (Wildman–Crippen MR) is 199 cm³/mol. The van der Waals surface area contributed by atoms with Crippen LogP contribution in [0.5, 0.6) is 5.75 Å². The summed E-state index contributed by atoms with van der Waals surface area (Å²) in [5.41, 5.74) is 6.78. The topological polar surface area (TPSA) is 227 Å². The molecule has 0 aliphatic heterocycles. The second-order valence-electron chi connectivity index (χ2n) is 11.6. The Bertz CT molecular complexity index is 2080. The Morgan fingerprint density at radius 1 is 0.604 bits per heavy atom. The minimum Gasteiger partial charge on any atom is -0.388 e. The van der Waals surface area contributed by atoms with Crippen LogP contribution in [0.25, 0.3) is 11.1 Å². The number of nitrogens with zero attached hydrogens (tertiary/aromatic N) is 2. The van der Waals surface area contributed by atoms with Gasteiger partial charge in [-0.15, -0.1) is 5.26 Å². The number of urea groups is 4. The van der Waals surface area contributed by atoms with Gasteiger partial charge in [0.1, 0.15) is 5.75 Å². The first kappa shape index (κ1) is 36.9. The van der Waals surface area contributed by atoms with Crippen LogP contribution in [0.2, 0.25) is 0 Å². The van der Waals surface area contributed by atoms with Gasteiger partial charge in [-0.3, -0.25) is 0 Å². The zero-order chi connectivity index (χ0) is 37.4. The van der Waals surface area contributed by atoms with Crippen LogP contribution < -0.4 is 47.3 Å². The van der Waals surface area contributed by atoms with Crippen molar-refractivity contribution in [2.75, 3.05) is 47.4 Å². The molecule has 0 saturated carbocycles. The van der Waals surface area contributed by atoms with Crippen molar-refractivity contribution in [1.29, 1.82) is 5.26 Å². The van der Waals surface area contributed by atoms with E-state index in [1.165, 1.54) is 12.1 Å². The number of hydrogen-bond donors (Lipinski definition) is 8. The molecule has 16 nitrogen and oxygen atoms in total. The lowest BCUT2D eigenvalue weighted by atomic mass is 10.1. The van der Waals surface area contributed by atoms with Gasteiger partial charge in [0.25, 0.3) is 6.26 Å². The van der Waals surface area contributed by atoms with E-state index in [4.69, 9.17) is 10.00 Å². The van der Waals surface area contributed by atoms with Crippen molar-refractivity contribution in [3.8, 4) is 23.1 Å². The highest BCUT2D eigenvalue weighted by Crippen LogP contribution is 2.39. The second-order valence-corrected chi connectivity index (χ2v) is 11.6. The van der Waals surface area contributed by atoms with Crippen molar-refractivity contribution in [3.63, 3.8) is 0 Å². The first-order valence-electron chi connectivity index (χ1n) is 16.6. The maximum Gasteiger partial charge on any atom is 0.319 e. The lowest BCUT2D eigenvalue weighted by molar-refractivity contribution is 0.249. The molecule has 270 valence electrons. The molecule has 0 spiro atoms. The molecule has 0 unspecified atom stereocenters. The molecule has 16 heteroatoms. The number of anilines is 4. The maximum atomic E-state index is 12.5. The fourth-order valence-electron chi connectivity index (χ4n) is 5.45. The van der Waals surface area contributed by atoms with Gasteiger partial charge in [-0.25, -0.2) is 24.0 Å². The molecule has 1 aliphatic carbocycles. The Labute approximate surface area is 304 Å². The number of rotatable bonds is 14. The molecule has 0 radical (unpaired) electrons. The minimum atomic E-state index is -0.425. The normalized spacial score (nSPS) is 10.5. The number of isocyanates is 1. The van der Waals surface area contributed by atoms with Crippen molar-refractivity contribution in [1.82, 2.24) is 21.3 Å². The van der Waals surface area contributed by atoms with Crippen molar-refractivity contribution >= 4 is 58.6 Å². The molecule has 8 amide bonds. The molecular formula is C37H36N10O6. The molecule has 1 aliphatic rings. The van der Waals surface area contributed by atoms with Crippen LogP contribution in [0.1, 0.15) is 24.0 Å². The highest BCUT2D eigenvalue weighted by molar-refractivity contribution is 5.93. The molecule has 0 heterocycles. The Kier molecular flexibility index (Phi) is 12.9. The van der Waals surface area contributed by atoms with Gasteiger partial charge in [-0.2, -0.15) is 4.99 Å². The molecule has 5 rings (SSSR count). The van der Waals surface area contributed by atoms with Gasteiger partial charge in [0.15, 0.2) is 0 Å². The number of benzene rings is 4. The number of nitriles is 1. The number of hydrogen-bond acceptors (Lipinski definition) is 8. The highest BCUT2D eigenvalue weighted by atomic mass is 16.5. The molecule has 0 atom stereocenters. The molecule has 0 fully saturated rings. The number of nitrogens with one attached hydrogen (secondary N) is 8. The first-order chi connectivity index (χ1) is 25.8. The highest BCUT2D eigenvalue weighted by Gasteiger charge is 2.20. The summed E-state index contributed by atoms with van der Waals surface area (Å²) in [6.45, 7) is 1.32. The third kappa shape index (κ3) is 11.3. The number of fused-ring (bicyclic) bond motifs is 3.